The first-order chi connectivity index (χ1) is 9.74. The minimum Gasteiger partial charge on any atom is -0.398 e. The number of nitrogens with two attached hydrogens (primary N) is 1. The zero-order valence-corrected chi connectivity index (χ0v) is 14.1. The van der Waals surface area contributed by atoms with Gasteiger partial charge in [-0.25, -0.2) is 21.6 Å². The Labute approximate surface area is 129 Å². The van der Waals surface area contributed by atoms with E-state index < -0.39 is 20.0 Å². The molecule has 2 rings (SSSR count). The number of sulfonamides is 2. The number of anilines is 1. The van der Waals surface area contributed by atoms with Gasteiger partial charge >= 0.3 is 0 Å². The molecule has 0 saturated carbocycles. The average Bonchev–Trinajstić information content (AvgIpc) is 2.86. The van der Waals surface area contributed by atoms with Crippen molar-refractivity contribution in [2.24, 2.45) is 0 Å². The van der Waals surface area contributed by atoms with Crippen LogP contribution in [0.3, 0.4) is 0 Å². The fraction of sp³-hybridized carbons (Fsp3) is 0.636. The van der Waals surface area contributed by atoms with Gasteiger partial charge in [0.25, 0.3) is 10.0 Å². The summed E-state index contributed by atoms with van der Waals surface area (Å²) >= 11 is 1.10. The lowest BCUT2D eigenvalue weighted by atomic mass is 10.1. The van der Waals surface area contributed by atoms with Crippen molar-refractivity contribution in [3.63, 3.8) is 0 Å². The third kappa shape index (κ3) is 3.95. The van der Waals surface area contributed by atoms with E-state index in [0.717, 1.165) is 11.3 Å². The molecule has 1 aliphatic heterocycles. The molecule has 0 bridgehead atoms. The molecule has 1 aliphatic rings. The van der Waals surface area contributed by atoms with E-state index in [4.69, 9.17) is 5.73 Å². The van der Waals surface area contributed by atoms with Gasteiger partial charge in [0.15, 0.2) is 0 Å². The highest BCUT2D eigenvalue weighted by Gasteiger charge is 2.31. The van der Waals surface area contributed by atoms with E-state index in [-0.39, 0.29) is 16.0 Å². The zero-order valence-electron chi connectivity index (χ0n) is 11.6. The van der Waals surface area contributed by atoms with Crippen LogP contribution in [0.15, 0.2) is 15.7 Å². The van der Waals surface area contributed by atoms with Gasteiger partial charge in [0.05, 0.1) is 5.75 Å². The highest BCUT2D eigenvalue weighted by Crippen LogP contribution is 2.27. The Hall–Kier alpha value is -0.680. The van der Waals surface area contributed by atoms with Crippen molar-refractivity contribution in [1.82, 2.24) is 9.03 Å². The van der Waals surface area contributed by atoms with E-state index in [1.54, 1.807) is 12.3 Å². The summed E-state index contributed by atoms with van der Waals surface area (Å²) in [6.07, 6.45) is 0.943. The molecular weight excluding hydrogens is 334 g/mol. The van der Waals surface area contributed by atoms with E-state index in [2.05, 4.69) is 4.72 Å². The molecule has 21 heavy (non-hydrogen) atoms. The van der Waals surface area contributed by atoms with Crippen molar-refractivity contribution in [2.75, 3.05) is 24.6 Å². The molecule has 0 aromatic carbocycles. The maximum atomic E-state index is 12.4. The molecule has 10 heteroatoms. The predicted octanol–water partition coefficient (Wildman–Crippen LogP) is 0.423. The maximum absolute atomic E-state index is 12.4. The molecule has 1 aromatic rings. The van der Waals surface area contributed by atoms with Crippen LogP contribution in [0.25, 0.3) is 0 Å². The molecule has 1 aromatic heterocycles. The van der Waals surface area contributed by atoms with Crippen LogP contribution < -0.4 is 10.5 Å². The predicted molar refractivity (Wildman–Crippen MR) is 83.1 cm³/mol. The van der Waals surface area contributed by atoms with Crippen molar-refractivity contribution in [2.45, 2.75) is 30.0 Å². The first kappa shape index (κ1) is 16.7. The Morgan fingerprint density at radius 2 is 1.95 bits per heavy atom. The normalized spacial score (nSPS) is 18.9. The van der Waals surface area contributed by atoms with Gasteiger partial charge in [-0.15, -0.1) is 11.3 Å². The van der Waals surface area contributed by atoms with Gasteiger partial charge in [0.2, 0.25) is 10.0 Å². The summed E-state index contributed by atoms with van der Waals surface area (Å²) in [5.74, 6) is 0.0278. The number of nitrogens with one attached hydrogen (secondary N) is 1. The number of hydrogen-bond acceptors (Lipinski definition) is 6. The molecule has 2 heterocycles. The van der Waals surface area contributed by atoms with Crippen LogP contribution in [0.5, 0.6) is 0 Å². The fourth-order valence-corrected chi connectivity index (χ4v) is 5.76. The van der Waals surface area contributed by atoms with Crippen molar-refractivity contribution in [3.8, 4) is 0 Å². The molecule has 0 radical (unpaired) electrons. The second-order valence-electron chi connectivity index (χ2n) is 4.90. The Morgan fingerprint density at radius 1 is 1.33 bits per heavy atom. The SMILES string of the molecule is CCS(=O)(=O)NC1CCN(S(=O)(=O)c2cc(N)cs2)CC1. The molecule has 0 unspecified atom stereocenters. The standard InChI is InChI=1S/C11H19N3O4S3/c1-2-20(15,16)13-10-3-5-14(6-4-10)21(17,18)11-7-9(12)8-19-11/h7-8,10,13H,2-6,12H2,1H3. The van der Waals surface area contributed by atoms with Gasteiger partial charge in [0, 0.05) is 30.2 Å². The minimum absolute atomic E-state index is 0.0278. The molecular formula is C11H19N3O4S3. The lowest BCUT2D eigenvalue weighted by Gasteiger charge is -2.30. The summed E-state index contributed by atoms with van der Waals surface area (Å²) in [4.78, 5) is 0. The van der Waals surface area contributed by atoms with Gasteiger partial charge in [0.1, 0.15) is 4.21 Å². The van der Waals surface area contributed by atoms with Crippen LogP contribution in [0.1, 0.15) is 19.8 Å². The second-order valence-corrected chi connectivity index (χ2v) is 10.0. The number of rotatable bonds is 5. The molecule has 0 amide bonds. The van der Waals surface area contributed by atoms with E-state index >= 15 is 0 Å². The Morgan fingerprint density at radius 3 is 2.43 bits per heavy atom. The smallest absolute Gasteiger partial charge is 0.252 e. The number of thiophene rings is 1. The van der Waals surface area contributed by atoms with Crippen LogP contribution in [-0.4, -0.2) is 46.0 Å². The summed E-state index contributed by atoms with van der Waals surface area (Å²) < 4.78 is 52.0. The number of piperidine rings is 1. The van der Waals surface area contributed by atoms with Gasteiger partial charge < -0.3 is 5.73 Å². The largest absolute Gasteiger partial charge is 0.398 e. The zero-order chi connectivity index (χ0) is 15.7. The van der Waals surface area contributed by atoms with Gasteiger partial charge in [-0.2, -0.15) is 4.31 Å². The van der Waals surface area contributed by atoms with Crippen LogP contribution in [-0.2, 0) is 20.0 Å². The molecule has 0 aliphatic carbocycles. The first-order valence-electron chi connectivity index (χ1n) is 6.59. The molecule has 7 nitrogen and oxygen atoms in total. The lowest BCUT2D eigenvalue weighted by molar-refractivity contribution is 0.309. The minimum atomic E-state index is -3.52. The molecule has 1 saturated heterocycles. The highest BCUT2D eigenvalue weighted by atomic mass is 32.2. The van der Waals surface area contributed by atoms with Crippen molar-refractivity contribution in [3.05, 3.63) is 11.4 Å². The third-order valence-corrected chi connectivity index (χ3v) is 8.15. The Bertz CT molecular complexity index is 688. The van der Waals surface area contributed by atoms with Crippen molar-refractivity contribution >= 4 is 37.1 Å². The Kier molecular flexibility index (Phi) is 4.93. The molecule has 0 atom stereocenters. The topological polar surface area (TPSA) is 110 Å². The van der Waals surface area contributed by atoms with Crippen LogP contribution in [0, 0.1) is 0 Å². The summed E-state index contributed by atoms with van der Waals surface area (Å²) in [6, 6.07) is 1.25. The number of nitrogen functional groups attached to an aromatic ring is 1. The highest BCUT2D eigenvalue weighted by molar-refractivity contribution is 7.91. The van der Waals surface area contributed by atoms with E-state index in [0.29, 0.717) is 31.6 Å². The maximum Gasteiger partial charge on any atom is 0.252 e. The fourth-order valence-electron chi connectivity index (χ4n) is 2.14. The van der Waals surface area contributed by atoms with Gasteiger partial charge in [-0.05, 0) is 25.8 Å². The first-order valence-corrected chi connectivity index (χ1v) is 10.6. The second kappa shape index (κ2) is 6.21. The summed E-state index contributed by atoms with van der Waals surface area (Å²) in [7, 11) is -6.77. The quantitative estimate of drug-likeness (QED) is 0.797. The summed E-state index contributed by atoms with van der Waals surface area (Å²) in [5, 5.41) is 1.59. The Balaban J connectivity index is 2.01. The number of nitrogens with zero attached hydrogens (tertiary/aromatic N) is 1. The third-order valence-electron chi connectivity index (χ3n) is 3.37. The summed E-state index contributed by atoms with van der Waals surface area (Å²) in [6.45, 7) is 2.18. The monoisotopic (exact) mass is 353 g/mol. The van der Waals surface area contributed by atoms with E-state index in [1.165, 1.54) is 10.4 Å². The van der Waals surface area contributed by atoms with Crippen LogP contribution in [0.4, 0.5) is 5.69 Å². The molecule has 1 fully saturated rings. The van der Waals surface area contributed by atoms with E-state index in [9.17, 15) is 16.8 Å². The van der Waals surface area contributed by atoms with E-state index in [1.807, 2.05) is 0 Å². The van der Waals surface area contributed by atoms with Gasteiger partial charge in [-0.1, -0.05) is 0 Å². The van der Waals surface area contributed by atoms with Crippen molar-refractivity contribution < 1.29 is 16.8 Å². The molecule has 3 N–H and O–H groups in total. The number of hydrogen-bond donors (Lipinski definition) is 2. The van der Waals surface area contributed by atoms with Crippen LogP contribution in [0.2, 0.25) is 0 Å². The molecule has 0 spiro atoms. The summed E-state index contributed by atoms with van der Waals surface area (Å²) in [5.41, 5.74) is 6.00. The molecule has 120 valence electrons. The van der Waals surface area contributed by atoms with Crippen molar-refractivity contribution in [1.29, 1.82) is 0 Å². The lowest BCUT2D eigenvalue weighted by Crippen LogP contribution is -2.46. The average molecular weight is 353 g/mol. The van der Waals surface area contributed by atoms with Gasteiger partial charge in [-0.3, -0.25) is 0 Å². The van der Waals surface area contributed by atoms with Crippen LogP contribution >= 0.6 is 11.3 Å².